The van der Waals surface area contributed by atoms with Crippen molar-refractivity contribution >= 4 is 44.5 Å². The summed E-state index contributed by atoms with van der Waals surface area (Å²) in [6, 6.07) is 21.9. The Balaban J connectivity index is 1.65. The average Bonchev–Trinajstić information content (AvgIpc) is 3.13. The number of rotatable bonds is 3. The first-order valence-electron chi connectivity index (χ1n) is 10.5. The fourth-order valence-electron chi connectivity index (χ4n) is 4.36. The van der Waals surface area contributed by atoms with Gasteiger partial charge in [0.1, 0.15) is 0 Å². The van der Waals surface area contributed by atoms with Crippen molar-refractivity contribution in [1.82, 2.24) is 9.55 Å². The van der Waals surface area contributed by atoms with Crippen LogP contribution in [0.1, 0.15) is 29.7 Å². The summed E-state index contributed by atoms with van der Waals surface area (Å²) in [5, 5.41) is 6.50. The minimum atomic E-state index is -0.308. The number of anilines is 2. The lowest BCUT2D eigenvalue weighted by Crippen LogP contribution is -2.31. The van der Waals surface area contributed by atoms with E-state index in [0.29, 0.717) is 5.57 Å². The second-order valence-corrected chi connectivity index (χ2v) is 9.10. The van der Waals surface area contributed by atoms with Gasteiger partial charge in [0.05, 0.1) is 22.6 Å². The van der Waals surface area contributed by atoms with Gasteiger partial charge in [-0.25, -0.2) is 4.98 Å². The molecule has 0 radical (unpaired) electrons. The molecule has 0 saturated carbocycles. The van der Waals surface area contributed by atoms with Gasteiger partial charge in [-0.3, -0.25) is 9.36 Å². The molecule has 0 fully saturated rings. The molecule has 2 N–H and O–H groups in total. The van der Waals surface area contributed by atoms with Gasteiger partial charge in [0.25, 0.3) is 5.91 Å². The van der Waals surface area contributed by atoms with Crippen molar-refractivity contribution in [2.45, 2.75) is 26.8 Å². The minimum Gasteiger partial charge on any atom is -0.329 e. The summed E-state index contributed by atoms with van der Waals surface area (Å²) < 4.78 is 3.11. The van der Waals surface area contributed by atoms with Crippen molar-refractivity contribution in [1.29, 1.82) is 0 Å². The number of carbonyl (C=O) groups is 1. The third-order valence-electron chi connectivity index (χ3n) is 5.89. The number of amides is 1. The maximum absolute atomic E-state index is 13.7. The van der Waals surface area contributed by atoms with Crippen molar-refractivity contribution < 1.29 is 4.79 Å². The molecule has 5 rings (SSSR count). The first kappa shape index (κ1) is 20.5. The summed E-state index contributed by atoms with van der Waals surface area (Å²) in [5.74, 6) is 0.609. The zero-order valence-corrected chi connectivity index (χ0v) is 19.7. The fraction of sp³-hybridized carbons (Fsp3) is 0.154. The lowest BCUT2D eigenvalue weighted by molar-refractivity contribution is -0.113. The van der Waals surface area contributed by atoms with E-state index in [2.05, 4.69) is 49.3 Å². The van der Waals surface area contributed by atoms with E-state index in [9.17, 15) is 4.79 Å². The van der Waals surface area contributed by atoms with Crippen LogP contribution in [0.4, 0.5) is 11.6 Å². The Hall–Kier alpha value is -3.38. The number of benzene rings is 3. The van der Waals surface area contributed by atoms with E-state index in [-0.39, 0.29) is 11.9 Å². The summed E-state index contributed by atoms with van der Waals surface area (Å²) in [5.41, 5.74) is 7.37. The summed E-state index contributed by atoms with van der Waals surface area (Å²) >= 11 is 3.52. The number of hydrogen-bond acceptors (Lipinski definition) is 3. The Bertz CT molecular complexity index is 1380. The number of aryl methyl sites for hydroxylation is 2. The molecule has 1 aliphatic rings. The Labute approximate surface area is 195 Å². The number of aromatic nitrogens is 2. The van der Waals surface area contributed by atoms with E-state index in [1.54, 1.807) is 0 Å². The lowest BCUT2D eigenvalue weighted by Gasteiger charge is -2.31. The van der Waals surface area contributed by atoms with Crippen LogP contribution in [0.25, 0.3) is 11.0 Å². The molecule has 0 unspecified atom stereocenters. The van der Waals surface area contributed by atoms with Crippen LogP contribution >= 0.6 is 15.9 Å². The van der Waals surface area contributed by atoms with Crippen LogP contribution < -0.4 is 10.6 Å². The molecular weight excluding hydrogens is 464 g/mol. The zero-order valence-electron chi connectivity index (χ0n) is 18.1. The van der Waals surface area contributed by atoms with E-state index in [0.717, 1.165) is 49.5 Å². The van der Waals surface area contributed by atoms with Gasteiger partial charge >= 0.3 is 0 Å². The fourth-order valence-corrected chi connectivity index (χ4v) is 4.63. The highest BCUT2D eigenvalue weighted by atomic mass is 79.9. The third-order valence-corrected chi connectivity index (χ3v) is 6.42. The Morgan fingerprint density at radius 1 is 1.03 bits per heavy atom. The maximum atomic E-state index is 13.7. The predicted molar refractivity (Wildman–Crippen MR) is 133 cm³/mol. The SMILES string of the molecule is CC1=C(C(=O)Nc2ccc(C)cc2C)[C@@H](c2ccc(Br)cc2)n2c(nc3ccccc32)N1. The monoisotopic (exact) mass is 486 g/mol. The first-order valence-corrected chi connectivity index (χ1v) is 11.3. The van der Waals surface area contributed by atoms with E-state index in [4.69, 9.17) is 4.98 Å². The second kappa shape index (κ2) is 7.95. The third kappa shape index (κ3) is 3.50. The number of halogens is 1. The summed E-state index contributed by atoms with van der Waals surface area (Å²) in [6.07, 6.45) is 0. The minimum absolute atomic E-state index is 0.127. The average molecular weight is 487 g/mol. The van der Waals surface area contributed by atoms with Crippen molar-refractivity contribution in [2.75, 3.05) is 10.6 Å². The molecule has 2 heterocycles. The predicted octanol–water partition coefficient (Wildman–Crippen LogP) is 6.34. The number of fused-ring (bicyclic) bond motifs is 3. The van der Waals surface area contributed by atoms with Crippen molar-refractivity contribution in [3.05, 3.63) is 99.2 Å². The standard InChI is InChI=1S/C26H23BrN4O/c1-15-8-13-20(16(2)14-15)29-25(32)23-17(3)28-26-30-21-6-4-5-7-22(21)31(26)24(23)18-9-11-19(27)12-10-18/h4-14,24H,1-3H3,(H,28,30)(H,29,32)/t24-/m1/s1. The van der Waals surface area contributed by atoms with E-state index >= 15 is 0 Å². The summed E-state index contributed by atoms with van der Waals surface area (Å²) in [7, 11) is 0. The highest BCUT2D eigenvalue weighted by molar-refractivity contribution is 9.10. The molecule has 4 aromatic rings. The molecule has 0 aliphatic carbocycles. The molecule has 6 heteroatoms. The van der Waals surface area contributed by atoms with Gasteiger partial charge in [0.15, 0.2) is 0 Å². The smallest absolute Gasteiger partial charge is 0.255 e. The van der Waals surface area contributed by atoms with E-state index < -0.39 is 0 Å². The zero-order chi connectivity index (χ0) is 22.4. The Morgan fingerprint density at radius 2 is 1.78 bits per heavy atom. The van der Waals surface area contributed by atoms with Crippen LogP contribution in [0, 0.1) is 13.8 Å². The number of imidazole rings is 1. The van der Waals surface area contributed by atoms with E-state index in [1.807, 2.05) is 69.3 Å². The molecule has 0 bridgehead atoms. The quantitative estimate of drug-likeness (QED) is 0.355. The number of nitrogens with one attached hydrogen (secondary N) is 2. The molecule has 1 amide bonds. The van der Waals surface area contributed by atoms with Gasteiger partial charge < -0.3 is 10.6 Å². The van der Waals surface area contributed by atoms with Crippen molar-refractivity contribution in [3.8, 4) is 0 Å². The lowest BCUT2D eigenvalue weighted by atomic mass is 9.94. The molecule has 1 aromatic heterocycles. The molecule has 160 valence electrons. The highest BCUT2D eigenvalue weighted by Gasteiger charge is 2.34. The molecule has 0 spiro atoms. The van der Waals surface area contributed by atoms with Gasteiger partial charge in [-0.1, -0.05) is 57.9 Å². The number of allylic oxidation sites excluding steroid dienone is 1. The molecule has 5 nitrogen and oxygen atoms in total. The largest absolute Gasteiger partial charge is 0.329 e. The Kier molecular flexibility index (Phi) is 5.10. The van der Waals surface area contributed by atoms with Gasteiger partial charge in [-0.05, 0) is 62.2 Å². The van der Waals surface area contributed by atoms with Crippen molar-refractivity contribution in [3.63, 3.8) is 0 Å². The molecular formula is C26H23BrN4O. The van der Waals surface area contributed by atoms with Crippen LogP contribution in [-0.4, -0.2) is 15.5 Å². The molecule has 1 aliphatic heterocycles. The Morgan fingerprint density at radius 3 is 2.53 bits per heavy atom. The maximum Gasteiger partial charge on any atom is 0.255 e. The highest BCUT2D eigenvalue weighted by Crippen LogP contribution is 2.39. The first-order chi connectivity index (χ1) is 15.4. The summed E-state index contributed by atoms with van der Waals surface area (Å²) in [4.78, 5) is 18.5. The number of nitrogens with zero attached hydrogens (tertiary/aromatic N) is 2. The number of carbonyl (C=O) groups excluding carboxylic acids is 1. The van der Waals surface area contributed by atoms with Crippen LogP contribution in [0.2, 0.25) is 0 Å². The van der Waals surface area contributed by atoms with Gasteiger partial charge in [0.2, 0.25) is 5.95 Å². The van der Waals surface area contributed by atoms with Crippen molar-refractivity contribution in [2.24, 2.45) is 0 Å². The van der Waals surface area contributed by atoms with Gasteiger partial charge in [-0.15, -0.1) is 0 Å². The van der Waals surface area contributed by atoms with Crippen LogP contribution in [-0.2, 0) is 4.79 Å². The van der Waals surface area contributed by atoms with E-state index in [1.165, 1.54) is 0 Å². The van der Waals surface area contributed by atoms with Crippen LogP contribution in [0.5, 0.6) is 0 Å². The van der Waals surface area contributed by atoms with Gasteiger partial charge in [0, 0.05) is 15.9 Å². The molecule has 3 aromatic carbocycles. The second-order valence-electron chi connectivity index (χ2n) is 8.18. The topological polar surface area (TPSA) is 59.0 Å². The molecule has 1 atom stereocenters. The molecule has 0 saturated heterocycles. The normalized spacial score (nSPS) is 15.4. The van der Waals surface area contributed by atoms with Crippen LogP contribution in [0.3, 0.4) is 0 Å². The number of hydrogen-bond donors (Lipinski definition) is 2. The number of para-hydroxylation sites is 2. The summed E-state index contributed by atoms with van der Waals surface area (Å²) in [6.45, 7) is 5.99. The molecule has 32 heavy (non-hydrogen) atoms. The van der Waals surface area contributed by atoms with Gasteiger partial charge in [-0.2, -0.15) is 0 Å². The van der Waals surface area contributed by atoms with Crippen LogP contribution in [0.15, 0.2) is 82.5 Å².